The van der Waals surface area contributed by atoms with Crippen LogP contribution in [0.15, 0.2) is 18.3 Å². The van der Waals surface area contributed by atoms with Crippen LogP contribution in [0.4, 0.5) is 0 Å². The van der Waals surface area contributed by atoms with Gasteiger partial charge in [-0.05, 0) is 31.9 Å². The first-order valence-electron chi connectivity index (χ1n) is 4.89. The van der Waals surface area contributed by atoms with E-state index >= 15 is 0 Å². The molecule has 0 aliphatic carbocycles. The molecule has 0 N–H and O–H groups in total. The molecule has 0 atom stereocenters. The van der Waals surface area contributed by atoms with Crippen LogP contribution >= 0.6 is 11.9 Å². The van der Waals surface area contributed by atoms with Gasteiger partial charge in [0.05, 0.1) is 0 Å². The number of rotatable bonds is 3. The highest BCUT2D eigenvalue weighted by molar-refractivity contribution is 7.96. The summed E-state index contributed by atoms with van der Waals surface area (Å²) < 4.78 is 2.17. The predicted octanol–water partition coefficient (Wildman–Crippen LogP) is 3.13. The Morgan fingerprint density at radius 1 is 1.36 bits per heavy atom. The SMILES string of the molecule is CC.CSN(C)Cc1ccc(C)nc1. The van der Waals surface area contributed by atoms with Gasteiger partial charge in [-0.3, -0.25) is 4.98 Å². The molecule has 3 heteroatoms. The minimum atomic E-state index is 0.953. The highest BCUT2D eigenvalue weighted by atomic mass is 32.2. The predicted molar refractivity (Wildman–Crippen MR) is 65.3 cm³/mol. The van der Waals surface area contributed by atoms with Gasteiger partial charge in [0.1, 0.15) is 0 Å². The van der Waals surface area contributed by atoms with Crippen LogP contribution in [-0.4, -0.2) is 22.6 Å². The molecular formula is C11H20N2S. The first kappa shape index (κ1) is 13.5. The lowest BCUT2D eigenvalue weighted by Gasteiger charge is -2.11. The van der Waals surface area contributed by atoms with Gasteiger partial charge in [0.15, 0.2) is 0 Å². The summed E-state index contributed by atoms with van der Waals surface area (Å²) in [5, 5.41) is 0. The van der Waals surface area contributed by atoms with Crippen molar-refractivity contribution < 1.29 is 0 Å². The van der Waals surface area contributed by atoms with Gasteiger partial charge in [-0.1, -0.05) is 31.9 Å². The first-order valence-corrected chi connectivity index (χ1v) is 6.07. The zero-order valence-electron chi connectivity index (χ0n) is 9.74. The third-order valence-corrected chi connectivity index (χ3v) is 2.44. The molecule has 14 heavy (non-hydrogen) atoms. The topological polar surface area (TPSA) is 16.1 Å². The lowest BCUT2D eigenvalue weighted by atomic mass is 10.2. The lowest BCUT2D eigenvalue weighted by molar-refractivity contribution is 0.565. The van der Waals surface area contributed by atoms with E-state index in [0.717, 1.165) is 12.2 Å². The Kier molecular flexibility index (Phi) is 7.52. The monoisotopic (exact) mass is 212 g/mol. The average Bonchev–Trinajstić information content (AvgIpc) is 2.24. The van der Waals surface area contributed by atoms with Crippen LogP contribution in [0.2, 0.25) is 0 Å². The van der Waals surface area contributed by atoms with E-state index in [1.165, 1.54) is 5.56 Å². The van der Waals surface area contributed by atoms with Crippen LogP contribution in [0, 0.1) is 6.92 Å². The molecule has 80 valence electrons. The van der Waals surface area contributed by atoms with Crippen LogP contribution < -0.4 is 0 Å². The van der Waals surface area contributed by atoms with Crippen molar-refractivity contribution in [2.75, 3.05) is 13.3 Å². The third-order valence-electron chi connectivity index (χ3n) is 1.69. The van der Waals surface area contributed by atoms with Crippen molar-refractivity contribution in [3.8, 4) is 0 Å². The molecular weight excluding hydrogens is 192 g/mol. The Hall–Kier alpha value is -0.540. The molecule has 0 saturated heterocycles. The standard InChI is InChI=1S/C9H14N2S.C2H6/c1-8-4-5-9(6-10-8)7-11(2)12-3;1-2/h4-6H,7H2,1-3H3;1-2H3. The van der Waals surface area contributed by atoms with Gasteiger partial charge in [-0.2, -0.15) is 0 Å². The van der Waals surface area contributed by atoms with Gasteiger partial charge in [0.2, 0.25) is 0 Å². The van der Waals surface area contributed by atoms with E-state index in [1.54, 1.807) is 11.9 Å². The molecule has 0 saturated carbocycles. The molecule has 0 spiro atoms. The Labute approximate surface area is 91.9 Å². The Bertz CT molecular complexity index is 234. The fourth-order valence-electron chi connectivity index (χ4n) is 0.914. The highest BCUT2D eigenvalue weighted by Crippen LogP contribution is 2.08. The molecule has 1 aromatic rings. The van der Waals surface area contributed by atoms with Crippen LogP contribution in [0.5, 0.6) is 0 Å². The van der Waals surface area contributed by atoms with Crippen molar-refractivity contribution in [3.05, 3.63) is 29.6 Å². The summed E-state index contributed by atoms with van der Waals surface area (Å²) in [6, 6.07) is 4.17. The first-order chi connectivity index (χ1) is 6.72. The molecule has 1 heterocycles. The van der Waals surface area contributed by atoms with Gasteiger partial charge < -0.3 is 0 Å². The van der Waals surface area contributed by atoms with Crippen LogP contribution in [0.3, 0.4) is 0 Å². The summed E-state index contributed by atoms with van der Waals surface area (Å²) >= 11 is 1.73. The molecule has 1 aromatic heterocycles. The molecule has 0 unspecified atom stereocenters. The fraction of sp³-hybridized carbons (Fsp3) is 0.545. The maximum Gasteiger partial charge on any atom is 0.0372 e. The molecule has 1 rings (SSSR count). The van der Waals surface area contributed by atoms with Gasteiger partial charge in [-0.15, -0.1) is 0 Å². The van der Waals surface area contributed by atoms with Crippen molar-refractivity contribution in [1.82, 2.24) is 9.29 Å². The third kappa shape index (κ3) is 5.25. The number of aryl methyl sites for hydroxylation is 1. The van der Waals surface area contributed by atoms with Gasteiger partial charge in [0, 0.05) is 18.4 Å². The summed E-state index contributed by atoms with van der Waals surface area (Å²) in [6.45, 7) is 6.95. The summed E-state index contributed by atoms with van der Waals surface area (Å²) in [4.78, 5) is 4.23. The molecule has 0 aliphatic rings. The maximum absolute atomic E-state index is 4.23. The van der Waals surface area contributed by atoms with Gasteiger partial charge in [-0.25, -0.2) is 4.31 Å². The summed E-state index contributed by atoms with van der Waals surface area (Å²) in [5.74, 6) is 0. The molecule has 0 bridgehead atoms. The van der Waals surface area contributed by atoms with Crippen molar-refractivity contribution in [1.29, 1.82) is 0 Å². The second kappa shape index (κ2) is 7.83. The van der Waals surface area contributed by atoms with E-state index in [-0.39, 0.29) is 0 Å². The molecule has 0 fully saturated rings. The van der Waals surface area contributed by atoms with Crippen molar-refractivity contribution in [3.63, 3.8) is 0 Å². The maximum atomic E-state index is 4.23. The summed E-state index contributed by atoms with van der Waals surface area (Å²) in [6.07, 6.45) is 4.00. The summed E-state index contributed by atoms with van der Waals surface area (Å²) in [7, 11) is 2.07. The minimum Gasteiger partial charge on any atom is -0.261 e. The van der Waals surface area contributed by atoms with Crippen molar-refractivity contribution in [2.45, 2.75) is 27.3 Å². The molecule has 2 nitrogen and oxygen atoms in total. The Balaban J connectivity index is 0.000000791. The van der Waals surface area contributed by atoms with Crippen molar-refractivity contribution in [2.24, 2.45) is 0 Å². The average molecular weight is 212 g/mol. The molecule has 0 aliphatic heterocycles. The van der Waals surface area contributed by atoms with E-state index in [0.29, 0.717) is 0 Å². The fourth-order valence-corrected chi connectivity index (χ4v) is 1.19. The van der Waals surface area contributed by atoms with E-state index in [2.05, 4.69) is 28.7 Å². The smallest absolute Gasteiger partial charge is 0.0372 e. The highest BCUT2D eigenvalue weighted by Gasteiger charge is 1.97. The molecule has 0 aromatic carbocycles. The van der Waals surface area contributed by atoms with E-state index in [9.17, 15) is 0 Å². The number of pyridine rings is 1. The van der Waals surface area contributed by atoms with Crippen LogP contribution in [-0.2, 0) is 6.54 Å². The number of hydrogen-bond acceptors (Lipinski definition) is 3. The zero-order valence-corrected chi connectivity index (χ0v) is 10.6. The van der Waals surface area contributed by atoms with E-state index in [1.807, 2.05) is 33.0 Å². The summed E-state index contributed by atoms with van der Waals surface area (Å²) in [5.41, 5.74) is 2.34. The quantitative estimate of drug-likeness (QED) is 0.716. The van der Waals surface area contributed by atoms with Gasteiger partial charge in [0.25, 0.3) is 0 Å². The minimum absolute atomic E-state index is 0.953. The number of nitrogens with zero attached hydrogens (tertiary/aromatic N) is 2. The van der Waals surface area contributed by atoms with Crippen LogP contribution in [0.1, 0.15) is 25.1 Å². The largest absolute Gasteiger partial charge is 0.261 e. The van der Waals surface area contributed by atoms with E-state index < -0.39 is 0 Å². The Morgan fingerprint density at radius 2 is 2.00 bits per heavy atom. The Morgan fingerprint density at radius 3 is 2.43 bits per heavy atom. The number of hydrogen-bond donors (Lipinski definition) is 0. The van der Waals surface area contributed by atoms with Crippen molar-refractivity contribution >= 4 is 11.9 Å². The molecule has 0 radical (unpaired) electrons. The second-order valence-electron chi connectivity index (χ2n) is 2.78. The van der Waals surface area contributed by atoms with Crippen LogP contribution in [0.25, 0.3) is 0 Å². The molecule has 0 amide bonds. The normalized spacial score (nSPS) is 9.57. The second-order valence-corrected chi connectivity index (χ2v) is 3.76. The van der Waals surface area contributed by atoms with E-state index in [4.69, 9.17) is 0 Å². The lowest BCUT2D eigenvalue weighted by Crippen LogP contribution is -2.07. The zero-order chi connectivity index (χ0) is 11.0. The van der Waals surface area contributed by atoms with Gasteiger partial charge >= 0.3 is 0 Å². The number of aromatic nitrogens is 1.